The summed E-state index contributed by atoms with van der Waals surface area (Å²) in [5, 5.41) is 23.9. The Kier molecular flexibility index (Phi) is 14.3. The van der Waals surface area contributed by atoms with E-state index in [4.69, 9.17) is 4.74 Å². The molecule has 0 bridgehead atoms. The molecular weight excluding hydrogens is 592 g/mol. The van der Waals surface area contributed by atoms with Crippen LogP contribution in [0.4, 0.5) is 0 Å². The minimum Gasteiger partial charge on any atom is -0.466 e. The molecule has 3 aromatic rings. The molecule has 0 saturated heterocycles. The van der Waals surface area contributed by atoms with Gasteiger partial charge in [0.15, 0.2) is 5.78 Å². The number of H-pyrrole nitrogens is 1. The van der Waals surface area contributed by atoms with Gasteiger partial charge in [0, 0.05) is 24.9 Å². The summed E-state index contributed by atoms with van der Waals surface area (Å²) >= 11 is 0. The van der Waals surface area contributed by atoms with E-state index < -0.39 is 23.2 Å². The summed E-state index contributed by atoms with van der Waals surface area (Å²) in [5.41, 5.74) is 3.59. The van der Waals surface area contributed by atoms with Crippen molar-refractivity contribution in [2.24, 2.45) is 5.92 Å². The van der Waals surface area contributed by atoms with Crippen molar-refractivity contribution >= 4 is 17.7 Å². The van der Waals surface area contributed by atoms with Crippen LogP contribution < -0.4 is 0 Å². The van der Waals surface area contributed by atoms with Crippen LogP contribution in [0.5, 0.6) is 0 Å². The number of hydrogen-bond donors (Lipinski definition) is 1. The average molecular weight is 637 g/mol. The Bertz CT molecular complexity index is 1410. The molecular formula is C33H44N6O7. The maximum Gasteiger partial charge on any atom is 0.306 e. The summed E-state index contributed by atoms with van der Waals surface area (Å²) in [4.78, 5) is 55.9. The first-order valence-corrected chi connectivity index (χ1v) is 15.8. The quantitative estimate of drug-likeness (QED) is 0.0698. The number of esters is 1. The Hall–Kier alpha value is -4.68. The number of amides is 1. The molecule has 2 unspecified atom stereocenters. The Balaban J connectivity index is 1.65. The van der Waals surface area contributed by atoms with Gasteiger partial charge in [-0.25, -0.2) is 0 Å². The molecule has 2 atom stereocenters. The lowest BCUT2D eigenvalue weighted by Gasteiger charge is -2.34. The summed E-state index contributed by atoms with van der Waals surface area (Å²) < 4.78 is 5.27. The maximum absolute atomic E-state index is 13.5. The molecule has 0 spiro atoms. The van der Waals surface area contributed by atoms with Crippen molar-refractivity contribution in [2.45, 2.75) is 97.8 Å². The van der Waals surface area contributed by atoms with Crippen LogP contribution >= 0.6 is 0 Å². The lowest BCUT2D eigenvalue weighted by molar-refractivity contribution is -0.767. The summed E-state index contributed by atoms with van der Waals surface area (Å²) in [6, 6.07) is 14.9. The molecule has 3 rings (SSSR count). The highest BCUT2D eigenvalue weighted by atomic mass is 17.0. The summed E-state index contributed by atoms with van der Waals surface area (Å²) in [5.74, 6) is -0.458. The molecule has 1 heterocycles. The van der Waals surface area contributed by atoms with Gasteiger partial charge >= 0.3 is 5.97 Å². The third-order valence-corrected chi connectivity index (χ3v) is 7.60. The second-order valence-corrected chi connectivity index (χ2v) is 11.6. The Labute approximate surface area is 269 Å². The van der Waals surface area contributed by atoms with E-state index in [9.17, 15) is 24.5 Å². The van der Waals surface area contributed by atoms with E-state index in [0.29, 0.717) is 37.9 Å². The van der Waals surface area contributed by atoms with Gasteiger partial charge in [0.1, 0.15) is 6.10 Å². The van der Waals surface area contributed by atoms with E-state index in [1.54, 1.807) is 11.8 Å². The number of nitrogens with one attached hydrogen (secondary N) is 1. The highest BCUT2D eigenvalue weighted by molar-refractivity contribution is 5.91. The van der Waals surface area contributed by atoms with Gasteiger partial charge in [0.25, 0.3) is 5.09 Å². The number of benzene rings is 2. The van der Waals surface area contributed by atoms with Crippen molar-refractivity contribution in [3.05, 3.63) is 64.2 Å². The van der Waals surface area contributed by atoms with E-state index in [0.717, 1.165) is 28.7 Å². The van der Waals surface area contributed by atoms with Crippen molar-refractivity contribution in [1.29, 1.82) is 0 Å². The van der Waals surface area contributed by atoms with Gasteiger partial charge in [-0.15, -0.1) is 20.3 Å². The summed E-state index contributed by atoms with van der Waals surface area (Å²) in [6.45, 7) is 7.84. The average Bonchev–Trinajstić information content (AvgIpc) is 3.57. The molecule has 13 heteroatoms. The molecule has 46 heavy (non-hydrogen) atoms. The van der Waals surface area contributed by atoms with Crippen LogP contribution in [0.2, 0.25) is 0 Å². The molecule has 248 valence electrons. The highest BCUT2D eigenvalue weighted by Gasteiger charge is 2.32. The molecule has 0 fully saturated rings. The van der Waals surface area contributed by atoms with Crippen molar-refractivity contribution in [3.8, 4) is 22.5 Å². The van der Waals surface area contributed by atoms with Crippen LogP contribution in [0.15, 0.2) is 48.5 Å². The van der Waals surface area contributed by atoms with Gasteiger partial charge in [-0.2, -0.15) is 5.21 Å². The SMILES string of the molecule is CCCCC(=O)N(Cc1ccc(-c2ccccc2-c2nn[nH]n2)cc1)C(C(=O)CCC(=O)OCCCCC(C)O[N+](=O)[O-])C(C)C. The predicted molar refractivity (Wildman–Crippen MR) is 170 cm³/mol. The van der Waals surface area contributed by atoms with E-state index >= 15 is 0 Å². The second-order valence-electron chi connectivity index (χ2n) is 11.6. The topological polar surface area (TPSA) is 171 Å². The van der Waals surface area contributed by atoms with Crippen LogP contribution in [0.3, 0.4) is 0 Å². The number of nitrogens with zero attached hydrogens (tertiary/aromatic N) is 5. The van der Waals surface area contributed by atoms with Crippen LogP contribution in [0.25, 0.3) is 22.5 Å². The number of rotatable bonds is 20. The number of carbonyl (C=O) groups excluding carboxylic acids is 3. The normalized spacial score (nSPS) is 12.4. The van der Waals surface area contributed by atoms with E-state index in [1.807, 2.05) is 69.3 Å². The smallest absolute Gasteiger partial charge is 0.306 e. The third kappa shape index (κ3) is 11.0. The van der Waals surface area contributed by atoms with Gasteiger partial charge in [-0.05, 0) is 60.4 Å². The fraction of sp³-hybridized carbons (Fsp3) is 0.515. The molecule has 0 aliphatic heterocycles. The van der Waals surface area contributed by atoms with Crippen molar-refractivity contribution in [1.82, 2.24) is 25.5 Å². The van der Waals surface area contributed by atoms with Crippen molar-refractivity contribution in [3.63, 3.8) is 0 Å². The molecule has 1 aromatic heterocycles. The van der Waals surface area contributed by atoms with Gasteiger partial charge in [-0.3, -0.25) is 14.4 Å². The standard InChI is InChI=1S/C33H44N6O7/c1-5-6-14-30(41)38(22-25-15-17-26(18-16-25)27-12-7-8-13-28(27)33-34-36-37-35-33)32(23(2)3)29(40)19-20-31(42)45-21-10-9-11-24(4)46-39(43)44/h7-8,12-13,15-18,23-24,32H,5-6,9-11,14,19-22H2,1-4H3,(H,34,35,36,37). The lowest BCUT2D eigenvalue weighted by atomic mass is 9.93. The Morgan fingerprint density at radius 1 is 0.957 bits per heavy atom. The predicted octanol–water partition coefficient (Wildman–Crippen LogP) is 5.74. The third-order valence-electron chi connectivity index (χ3n) is 7.60. The molecule has 0 aliphatic rings. The Morgan fingerprint density at radius 3 is 2.30 bits per heavy atom. The number of aromatic nitrogens is 4. The minimum absolute atomic E-state index is 0.0429. The van der Waals surface area contributed by atoms with Gasteiger partial charge in [0.05, 0.1) is 19.1 Å². The number of hydrogen-bond acceptors (Lipinski definition) is 10. The molecule has 0 aliphatic carbocycles. The van der Waals surface area contributed by atoms with Crippen LogP contribution in [0.1, 0.15) is 84.6 Å². The number of ether oxygens (including phenoxy) is 1. The van der Waals surface area contributed by atoms with Crippen molar-refractivity contribution < 1.29 is 29.0 Å². The van der Waals surface area contributed by atoms with Gasteiger partial charge in [-0.1, -0.05) is 75.7 Å². The van der Waals surface area contributed by atoms with E-state index in [1.165, 1.54) is 0 Å². The summed E-state index contributed by atoms with van der Waals surface area (Å²) in [7, 11) is 0. The first kappa shape index (κ1) is 35.8. The number of Topliss-reactive ketones (excluding diaryl/α,β-unsaturated/α-hetero) is 1. The number of unbranched alkanes of at least 4 members (excludes halogenated alkanes) is 2. The molecule has 1 amide bonds. The molecule has 13 nitrogen and oxygen atoms in total. The molecule has 0 radical (unpaired) electrons. The van der Waals surface area contributed by atoms with Crippen molar-refractivity contribution in [2.75, 3.05) is 6.61 Å². The number of carbonyl (C=O) groups is 3. The lowest BCUT2D eigenvalue weighted by Crippen LogP contribution is -2.47. The molecule has 1 N–H and O–H groups in total. The number of aromatic amines is 1. The second kappa shape index (κ2) is 18.3. The number of ketones is 1. The first-order valence-electron chi connectivity index (χ1n) is 15.8. The molecule has 2 aromatic carbocycles. The van der Waals surface area contributed by atoms with Gasteiger partial charge in [0.2, 0.25) is 11.7 Å². The fourth-order valence-electron chi connectivity index (χ4n) is 5.28. The van der Waals surface area contributed by atoms with Crippen LogP contribution in [-0.2, 0) is 30.5 Å². The monoisotopic (exact) mass is 636 g/mol. The van der Waals surface area contributed by atoms with Gasteiger partial charge < -0.3 is 14.5 Å². The largest absolute Gasteiger partial charge is 0.466 e. The van der Waals surface area contributed by atoms with E-state index in [-0.39, 0.29) is 43.6 Å². The van der Waals surface area contributed by atoms with E-state index in [2.05, 4.69) is 25.5 Å². The zero-order chi connectivity index (χ0) is 33.5. The van der Waals surface area contributed by atoms with Crippen LogP contribution in [-0.4, -0.2) is 67.0 Å². The zero-order valence-corrected chi connectivity index (χ0v) is 27.0. The zero-order valence-electron chi connectivity index (χ0n) is 27.0. The highest BCUT2D eigenvalue weighted by Crippen LogP contribution is 2.30. The summed E-state index contributed by atoms with van der Waals surface area (Å²) in [6.07, 6.45) is 2.82. The minimum atomic E-state index is -0.818. The number of tetrazole rings is 1. The van der Waals surface area contributed by atoms with Crippen LogP contribution in [0, 0.1) is 16.0 Å². The first-order chi connectivity index (χ1) is 22.1. The molecule has 0 saturated carbocycles. The Morgan fingerprint density at radius 2 is 1.67 bits per heavy atom. The maximum atomic E-state index is 13.5. The fourth-order valence-corrected chi connectivity index (χ4v) is 5.28.